The standard InChI is InChI=1S/C18H35N3/c1-20(2)18(11-6-12-18)15-21(3)14-17(9-4-5-10-17)13-19-16-7-8-16/h16,19H,4-15H2,1-3H3. The molecule has 0 aromatic carbocycles. The minimum atomic E-state index is 0.471. The Morgan fingerprint density at radius 2 is 1.57 bits per heavy atom. The molecule has 0 saturated heterocycles. The summed E-state index contributed by atoms with van der Waals surface area (Å²) in [7, 11) is 6.90. The Morgan fingerprint density at radius 3 is 2.05 bits per heavy atom. The van der Waals surface area contributed by atoms with Crippen LogP contribution >= 0.6 is 0 Å². The van der Waals surface area contributed by atoms with Gasteiger partial charge in [0.2, 0.25) is 0 Å². The van der Waals surface area contributed by atoms with Crippen LogP contribution in [0.15, 0.2) is 0 Å². The van der Waals surface area contributed by atoms with Gasteiger partial charge in [0.25, 0.3) is 0 Å². The number of rotatable bonds is 8. The molecule has 0 radical (unpaired) electrons. The van der Waals surface area contributed by atoms with Gasteiger partial charge in [-0.15, -0.1) is 0 Å². The molecule has 3 heteroatoms. The van der Waals surface area contributed by atoms with E-state index in [9.17, 15) is 0 Å². The van der Waals surface area contributed by atoms with E-state index in [1.54, 1.807) is 0 Å². The number of likely N-dealkylation sites (N-methyl/N-ethyl adjacent to an activating group) is 2. The van der Waals surface area contributed by atoms with Crippen molar-refractivity contribution in [1.29, 1.82) is 0 Å². The lowest BCUT2D eigenvalue weighted by atomic mass is 9.75. The summed E-state index contributed by atoms with van der Waals surface area (Å²) >= 11 is 0. The molecule has 3 aliphatic carbocycles. The summed E-state index contributed by atoms with van der Waals surface area (Å²) in [5.41, 5.74) is 1.03. The fourth-order valence-corrected chi connectivity index (χ4v) is 4.63. The maximum atomic E-state index is 3.82. The van der Waals surface area contributed by atoms with Crippen molar-refractivity contribution in [1.82, 2.24) is 15.1 Å². The van der Waals surface area contributed by atoms with Gasteiger partial charge in [-0.1, -0.05) is 12.8 Å². The van der Waals surface area contributed by atoms with Crippen LogP contribution in [0.2, 0.25) is 0 Å². The number of nitrogens with one attached hydrogen (secondary N) is 1. The highest BCUT2D eigenvalue weighted by Crippen LogP contribution is 2.41. The van der Waals surface area contributed by atoms with Crippen LogP contribution in [0.4, 0.5) is 0 Å². The predicted molar refractivity (Wildman–Crippen MR) is 89.7 cm³/mol. The summed E-state index contributed by atoms with van der Waals surface area (Å²) in [6.07, 6.45) is 12.8. The molecule has 3 fully saturated rings. The Kier molecular flexibility index (Phi) is 4.63. The maximum absolute atomic E-state index is 3.82. The molecule has 1 N–H and O–H groups in total. The zero-order valence-electron chi connectivity index (χ0n) is 14.5. The van der Waals surface area contributed by atoms with E-state index in [1.807, 2.05) is 0 Å². The highest BCUT2D eigenvalue weighted by Gasteiger charge is 2.42. The quantitative estimate of drug-likeness (QED) is 0.742. The van der Waals surface area contributed by atoms with Gasteiger partial charge in [0.1, 0.15) is 0 Å². The van der Waals surface area contributed by atoms with E-state index in [0.717, 1.165) is 6.04 Å². The molecule has 0 atom stereocenters. The number of hydrogen-bond acceptors (Lipinski definition) is 3. The van der Waals surface area contributed by atoms with E-state index in [4.69, 9.17) is 0 Å². The second-order valence-electron chi connectivity index (χ2n) is 8.51. The first-order valence-corrected chi connectivity index (χ1v) is 9.13. The normalized spacial score (nSPS) is 27.3. The van der Waals surface area contributed by atoms with Crippen molar-refractivity contribution in [3.8, 4) is 0 Å². The summed E-state index contributed by atoms with van der Waals surface area (Å²) in [6.45, 7) is 3.81. The first-order chi connectivity index (χ1) is 10.0. The highest BCUT2D eigenvalue weighted by molar-refractivity contribution is 4.99. The Morgan fingerprint density at radius 1 is 0.905 bits per heavy atom. The fourth-order valence-electron chi connectivity index (χ4n) is 4.63. The summed E-state index contributed by atoms with van der Waals surface area (Å²) in [5.74, 6) is 0. The first kappa shape index (κ1) is 15.8. The van der Waals surface area contributed by atoms with Gasteiger partial charge in [-0.25, -0.2) is 0 Å². The third-order valence-electron chi connectivity index (χ3n) is 6.41. The monoisotopic (exact) mass is 293 g/mol. The average Bonchev–Trinajstić information content (AvgIpc) is 3.12. The van der Waals surface area contributed by atoms with Gasteiger partial charge in [-0.3, -0.25) is 0 Å². The summed E-state index contributed by atoms with van der Waals surface area (Å²) in [5, 5.41) is 3.82. The molecular weight excluding hydrogens is 258 g/mol. The molecule has 0 bridgehead atoms. The van der Waals surface area contributed by atoms with E-state index in [0.29, 0.717) is 11.0 Å². The van der Waals surface area contributed by atoms with Crippen LogP contribution in [0, 0.1) is 5.41 Å². The molecule has 122 valence electrons. The minimum absolute atomic E-state index is 0.471. The average molecular weight is 293 g/mol. The lowest BCUT2D eigenvalue weighted by molar-refractivity contribution is 0.0159. The Bertz CT molecular complexity index is 338. The van der Waals surface area contributed by atoms with E-state index in [2.05, 4.69) is 36.3 Å². The highest BCUT2D eigenvalue weighted by atomic mass is 15.2. The van der Waals surface area contributed by atoms with E-state index < -0.39 is 0 Å². The van der Waals surface area contributed by atoms with Gasteiger partial charge < -0.3 is 15.1 Å². The van der Waals surface area contributed by atoms with Gasteiger partial charge in [0.05, 0.1) is 0 Å². The predicted octanol–water partition coefficient (Wildman–Crippen LogP) is 2.71. The van der Waals surface area contributed by atoms with Crippen molar-refractivity contribution in [2.45, 2.75) is 69.4 Å². The molecule has 3 saturated carbocycles. The molecule has 21 heavy (non-hydrogen) atoms. The Balaban J connectivity index is 1.54. The van der Waals surface area contributed by atoms with Crippen LogP contribution < -0.4 is 5.32 Å². The summed E-state index contributed by atoms with van der Waals surface area (Å²) < 4.78 is 0. The van der Waals surface area contributed by atoms with E-state index in [1.165, 1.54) is 77.4 Å². The van der Waals surface area contributed by atoms with Gasteiger partial charge in [0.15, 0.2) is 0 Å². The molecule has 3 rings (SSSR count). The van der Waals surface area contributed by atoms with Gasteiger partial charge in [-0.2, -0.15) is 0 Å². The van der Waals surface area contributed by atoms with Crippen LogP contribution in [0.1, 0.15) is 57.8 Å². The van der Waals surface area contributed by atoms with Gasteiger partial charge in [-0.05, 0) is 71.5 Å². The first-order valence-electron chi connectivity index (χ1n) is 9.13. The van der Waals surface area contributed by atoms with E-state index >= 15 is 0 Å². The second kappa shape index (κ2) is 6.17. The number of nitrogens with zero attached hydrogens (tertiary/aromatic N) is 2. The van der Waals surface area contributed by atoms with Gasteiger partial charge in [0, 0.05) is 31.2 Å². The zero-order valence-corrected chi connectivity index (χ0v) is 14.5. The lowest BCUT2D eigenvalue weighted by Gasteiger charge is -2.50. The summed E-state index contributed by atoms with van der Waals surface area (Å²) in [4.78, 5) is 5.13. The third-order valence-corrected chi connectivity index (χ3v) is 6.41. The van der Waals surface area contributed by atoms with Crippen molar-refractivity contribution in [3.63, 3.8) is 0 Å². The summed E-state index contributed by atoms with van der Waals surface area (Å²) in [6, 6.07) is 0.854. The molecule has 0 spiro atoms. The van der Waals surface area contributed by atoms with Gasteiger partial charge >= 0.3 is 0 Å². The van der Waals surface area contributed by atoms with Crippen molar-refractivity contribution < 1.29 is 0 Å². The topological polar surface area (TPSA) is 18.5 Å². The third kappa shape index (κ3) is 3.62. The van der Waals surface area contributed by atoms with Crippen molar-refractivity contribution in [2.24, 2.45) is 5.41 Å². The number of hydrogen-bond donors (Lipinski definition) is 1. The molecule has 0 aliphatic heterocycles. The van der Waals surface area contributed by atoms with Crippen molar-refractivity contribution in [3.05, 3.63) is 0 Å². The molecule has 0 amide bonds. The largest absolute Gasteiger partial charge is 0.313 e. The van der Waals surface area contributed by atoms with Crippen LogP contribution in [0.3, 0.4) is 0 Å². The van der Waals surface area contributed by atoms with Crippen molar-refractivity contribution in [2.75, 3.05) is 40.8 Å². The maximum Gasteiger partial charge on any atom is 0.0330 e. The molecular formula is C18H35N3. The van der Waals surface area contributed by atoms with Crippen LogP contribution in [0.5, 0.6) is 0 Å². The van der Waals surface area contributed by atoms with E-state index in [-0.39, 0.29) is 0 Å². The fraction of sp³-hybridized carbons (Fsp3) is 1.00. The molecule has 0 aromatic rings. The minimum Gasteiger partial charge on any atom is -0.313 e. The molecule has 0 unspecified atom stereocenters. The van der Waals surface area contributed by atoms with Crippen LogP contribution in [-0.4, -0.2) is 62.2 Å². The van der Waals surface area contributed by atoms with Crippen LogP contribution in [-0.2, 0) is 0 Å². The molecule has 3 nitrogen and oxygen atoms in total. The SMILES string of the molecule is CN(CC1(CNC2CC2)CCCC1)CC1(N(C)C)CCC1. The Labute approximate surface area is 131 Å². The Hall–Kier alpha value is -0.120. The van der Waals surface area contributed by atoms with Crippen molar-refractivity contribution >= 4 is 0 Å². The second-order valence-corrected chi connectivity index (χ2v) is 8.51. The zero-order chi connectivity index (χ0) is 14.9. The smallest absolute Gasteiger partial charge is 0.0330 e. The van der Waals surface area contributed by atoms with Crippen LogP contribution in [0.25, 0.3) is 0 Å². The lowest BCUT2D eigenvalue weighted by Crippen LogP contribution is -2.58. The molecule has 3 aliphatic rings. The molecule has 0 heterocycles. The molecule has 0 aromatic heterocycles.